The van der Waals surface area contributed by atoms with Gasteiger partial charge in [0, 0.05) is 28.9 Å². The van der Waals surface area contributed by atoms with Crippen LogP contribution >= 0.6 is 11.3 Å². The van der Waals surface area contributed by atoms with Crippen LogP contribution in [0.3, 0.4) is 0 Å². The summed E-state index contributed by atoms with van der Waals surface area (Å²) in [5.74, 6) is -0.117. The minimum atomic E-state index is -0.714. The average Bonchev–Trinajstić information content (AvgIpc) is 3.63. The molecule has 0 fully saturated rings. The fourth-order valence-electron chi connectivity index (χ4n) is 4.19. The number of aliphatic hydroxyl groups is 1. The lowest BCUT2D eigenvalue weighted by Gasteiger charge is -2.13. The molecule has 6 aromatic rings. The van der Waals surface area contributed by atoms with Gasteiger partial charge in [-0.15, -0.1) is 0 Å². The lowest BCUT2D eigenvalue weighted by Crippen LogP contribution is -2.18. The first-order valence-electron chi connectivity index (χ1n) is 11.4. The molecule has 6 heterocycles. The summed E-state index contributed by atoms with van der Waals surface area (Å²) in [4.78, 5) is 21.0. The Kier molecular flexibility index (Phi) is 5.62. The van der Waals surface area contributed by atoms with E-state index < -0.39 is 12.0 Å². The average molecular weight is 501 g/mol. The predicted octanol–water partition coefficient (Wildman–Crippen LogP) is 5.36. The molecule has 0 aromatic carbocycles. The van der Waals surface area contributed by atoms with Crippen LogP contribution in [0, 0.1) is 5.82 Å². The Morgan fingerprint density at radius 2 is 2.00 bits per heavy atom. The molecule has 0 aliphatic rings. The van der Waals surface area contributed by atoms with Crippen LogP contribution in [0.1, 0.15) is 19.8 Å². The lowest BCUT2D eigenvalue weighted by atomic mass is 10.1. The van der Waals surface area contributed by atoms with Crippen LogP contribution in [0.15, 0.2) is 53.7 Å². The van der Waals surface area contributed by atoms with Crippen LogP contribution < -0.4 is 5.32 Å². The number of halogens is 1. The molecular formula is C25H21FN8OS. The monoisotopic (exact) mass is 500 g/mol. The summed E-state index contributed by atoms with van der Waals surface area (Å²) in [6, 6.07) is 5.53. The van der Waals surface area contributed by atoms with E-state index in [9.17, 15) is 5.11 Å². The molecule has 9 nitrogen and oxygen atoms in total. The maximum atomic E-state index is 15.9. The van der Waals surface area contributed by atoms with Crippen LogP contribution in [0.4, 0.5) is 10.1 Å². The Bertz CT molecular complexity index is 1680. The number of anilines is 1. The van der Waals surface area contributed by atoms with Crippen LogP contribution in [0.2, 0.25) is 0 Å². The molecule has 0 aliphatic carbocycles. The van der Waals surface area contributed by atoms with Gasteiger partial charge in [-0.3, -0.25) is 20.1 Å². The molecule has 0 aliphatic heterocycles. The first-order valence-corrected chi connectivity index (χ1v) is 12.4. The van der Waals surface area contributed by atoms with Gasteiger partial charge in [-0.25, -0.2) is 9.37 Å². The van der Waals surface area contributed by atoms with Crippen LogP contribution in [0.5, 0.6) is 0 Å². The number of aliphatic hydroxyl groups excluding tert-OH is 1. The summed E-state index contributed by atoms with van der Waals surface area (Å²) >= 11 is 1.58. The predicted molar refractivity (Wildman–Crippen MR) is 138 cm³/mol. The molecule has 11 heteroatoms. The molecule has 6 aromatic heterocycles. The number of pyridine rings is 3. The van der Waals surface area contributed by atoms with Crippen LogP contribution in [0.25, 0.3) is 56.0 Å². The number of hydrogen-bond donors (Lipinski definition) is 4. The Hall–Kier alpha value is -4.22. The molecular weight excluding hydrogens is 479 g/mol. The summed E-state index contributed by atoms with van der Waals surface area (Å²) in [6.45, 7) is 1.98. The van der Waals surface area contributed by atoms with E-state index in [4.69, 9.17) is 4.98 Å². The van der Waals surface area contributed by atoms with Gasteiger partial charge >= 0.3 is 0 Å². The van der Waals surface area contributed by atoms with Gasteiger partial charge in [0.1, 0.15) is 23.1 Å². The van der Waals surface area contributed by atoms with Gasteiger partial charge in [-0.05, 0) is 30.0 Å². The third kappa shape index (κ3) is 3.88. The summed E-state index contributed by atoms with van der Waals surface area (Å²) in [7, 11) is 0. The number of rotatable bonds is 7. The topological polar surface area (TPSA) is 128 Å². The zero-order chi connectivity index (χ0) is 24.6. The number of imidazole rings is 1. The fraction of sp³-hybridized carbons (Fsp3) is 0.160. The third-order valence-corrected chi connectivity index (χ3v) is 6.55. The zero-order valence-electron chi connectivity index (χ0n) is 19.2. The number of aromatic nitrogens is 7. The smallest absolute Gasteiger partial charge is 0.161 e. The van der Waals surface area contributed by atoms with Gasteiger partial charge < -0.3 is 15.4 Å². The molecule has 6 rings (SSSR count). The summed E-state index contributed by atoms with van der Waals surface area (Å²) in [6.07, 6.45) is 7.07. The second-order valence-electron chi connectivity index (χ2n) is 8.35. The number of fused-ring (bicyclic) bond motifs is 2. The van der Waals surface area contributed by atoms with Crippen molar-refractivity contribution < 1.29 is 9.50 Å². The second-order valence-corrected chi connectivity index (χ2v) is 9.13. The summed E-state index contributed by atoms with van der Waals surface area (Å²) < 4.78 is 15.9. The van der Waals surface area contributed by atoms with E-state index in [0.717, 1.165) is 23.2 Å². The molecule has 180 valence electrons. The molecule has 36 heavy (non-hydrogen) atoms. The Balaban J connectivity index is 1.44. The van der Waals surface area contributed by atoms with Crippen molar-refractivity contribution in [3.8, 4) is 34.0 Å². The zero-order valence-corrected chi connectivity index (χ0v) is 20.0. The minimum absolute atomic E-state index is 0.128. The van der Waals surface area contributed by atoms with E-state index in [1.54, 1.807) is 29.8 Å². The van der Waals surface area contributed by atoms with Gasteiger partial charge in [0.15, 0.2) is 11.6 Å². The maximum Gasteiger partial charge on any atom is 0.161 e. The van der Waals surface area contributed by atoms with Crippen molar-refractivity contribution in [2.75, 3.05) is 5.32 Å². The number of aromatic amines is 2. The van der Waals surface area contributed by atoms with Gasteiger partial charge in [-0.2, -0.15) is 16.4 Å². The highest BCUT2D eigenvalue weighted by atomic mass is 32.1. The molecule has 0 radical (unpaired) electrons. The molecule has 0 bridgehead atoms. The van der Waals surface area contributed by atoms with E-state index in [1.165, 1.54) is 12.4 Å². The molecule has 0 spiro atoms. The Labute approximate surface area is 208 Å². The third-order valence-electron chi connectivity index (χ3n) is 5.87. The van der Waals surface area contributed by atoms with E-state index in [-0.39, 0.29) is 11.1 Å². The fourth-order valence-corrected chi connectivity index (χ4v) is 4.83. The molecule has 0 amide bonds. The molecule has 0 saturated carbocycles. The number of thiophene rings is 1. The first kappa shape index (κ1) is 22.3. The Morgan fingerprint density at radius 3 is 2.83 bits per heavy atom. The summed E-state index contributed by atoms with van der Waals surface area (Å²) in [5.41, 5.74) is 5.16. The molecule has 1 atom stereocenters. The normalized spacial score (nSPS) is 12.4. The molecule has 1 unspecified atom stereocenters. The maximum absolute atomic E-state index is 15.9. The largest absolute Gasteiger partial charge is 0.374 e. The lowest BCUT2D eigenvalue weighted by molar-refractivity contribution is 0.192. The van der Waals surface area contributed by atoms with E-state index in [0.29, 0.717) is 40.2 Å². The van der Waals surface area contributed by atoms with Gasteiger partial charge in [-0.1, -0.05) is 13.3 Å². The van der Waals surface area contributed by atoms with Crippen molar-refractivity contribution in [2.45, 2.75) is 26.0 Å². The van der Waals surface area contributed by atoms with Crippen LogP contribution in [-0.4, -0.2) is 46.5 Å². The summed E-state index contributed by atoms with van der Waals surface area (Å²) in [5, 5.41) is 24.5. The molecule has 0 saturated heterocycles. The van der Waals surface area contributed by atoms with Crippen molar-refractivity contribution in [3.63, 3.8) is 0 Å². The number of nitrogens with zero attached hydrogens (tertiary/aromatic N) is 5. The van der Waals surface area contributed by atoms with E-state index >= 15 is 4.39 Å². The minimum Gasteiger partial charge on any atom is -0.374 e. The van der Waals surface area contributed by atoms with Crippen molar-refractivity contribution in [1.82, 2.24) is 35.1 Å². The van der Waals surface area contributed by atoms with Gasteiger partial charge in [0.2, 0.25) is 0 Å². The Morgan fingerprint density at radius 1 is 1.08 bits per heavy atom. The highest BCUT2D eigenvalue weighted by Crippen LogP contribution is 2.34. The van der Waals surface area contributed by atoms with Crippen molar-refractivity contribution in [2.24, 2.45) is 0 Å². The number of hydrogen-bond acceptors (Lipinski definition) is 8. The van der Waals surface area contributed by atoms with E-state index in [2.05, 4.69) is 35.5 Å². The van der Waals surface area contributed by atoms with Gasteiger partial charge in [0.05, 0.1) is 40.2 Å². The van der Waals surface area contributed by atoms with Crippen molar-refractivity contribution >= 4 is 39.0 Å². The second kappa shape index (κ2) is 9.10. The SMILES string of the molecule is CCCC(O)Nc1cncc(-c2ncc3[nH]nc(-c4nc5c(-c6ccsc6)nccc5[nH]4)c3c2F)c1. The van der Waals surface area contributed by atoms with Crippen molar-refractivity contribution in [1.29, 1.82) is 0 Å². The van der Waals surface area contributed by atoms with Crippen LogP contribution in [-0.2, 0) is 0 Å². The number of H-pyrrole nitrogens is 2. The highest BCUT2D eigenvalue weighted by Gasteiger charge is 2.21. The first-order chi connectivity index (χ1) is 17.6. The quantitative estimate of drug-likeness (QED) is 0.217. The van der Waals surface area contributed by atoms with E-state index in [1.807, 2.05) is 29.8 Å². The number of nitrogens with one attached hydrogen (secondary N) is 3. The highest BCUT2D eigenvalue weighted by molar-refractivity contribution is 7.08. The van der Waals surface area contributed by atoms with Gasteiger partial charge in [0.25, 0.3) is 0 Å². The molecule has 4 N–H and O–H groups in total. The van der Waals surface area contributed by atoms with Crippen molar-refractivity contribution in [3.05, 3.63) is 59.6 Å². The standard InChI is InChI=1S/C25H21FN8OS/c1-2-3-18(35)30-15-8-14(9-27-10-15)21-20(26)19-17(11-29-21)33-34-24(19)25-31-16-4-6-28-22(23(16)32-25)13-5-7-36-12-13/h4-12,18,30,35H,2-3H2,1H3,(H,31,32)(H,33,34).